The highest BCUT2D eigenvalue weighted by atomic mass is 19.4. The topological polar surface area (TPSA) is 26.0 Å². The van der Waals surface area contributed by atoms with Gasteiger partial charge in [-0.05, 0) is 12.0 Å². The van der Waals surface area contributed by atoms with Crippen LogP contribution < -0.4 is 5.73 Å². The Bertz CT molecular complexity index is 268. The average molecular weight is 203 g/mol. The van der Waals surface area contributed by atoms with E-state index < -0.39 is 18.6 Å². The van der Waals surface area contributed by atoms with Crippen molar-refractivity contribution in [2.75, 3.05) is 0 Å². The number of nitrogens with two attached hydrogens (primary N) is 1. The molecule has 0 aliphatic rings. The fourth-order valence-corrected chi connectivity index (χ4v) is 1.19. The maximum atomic E-state index is 11.9. The number of hydrogen-bond acceptors (Lipinski definition) is 1. The first-order chi connectivity index (χ1) is 6.49. The summed E-state index contributed by atoms with van der Waals surface area (Å²) in [5.74, 6) is 0. The van der Waals surface area contributed by atoms with Crippen molar-refractivity contribution in [1.29, 1.82) is 0 Å². The highest BCUT2D eigenvalue weighted by molar-refractivity contribution is 5.18. The van der Waals surface area contributed by atoms with Crippen molar-refractivity contribution >= 4 is 0 Å². The van der Waals surface area contributed by atoms with Crippen LogP contribution in [-0.2, 0) is 0 Å². The Hall–Kier alpha value is -1.03. The Morgan fingerprint density at radius 2 is 1.71 bits per heavy atom. The van der Waals surface area contributed by atoms with Gasteiger partial charge >= 0.3 is 6.18 Å². The standard InChI is InChI=1S/C10H12F3N/c11-10(12,13)7-6-9(14)8-4-2-1-3-5-8/h1-5,9H,6-7,14H2/t9-/m1/s1. The molecule has 1 nitrogen and oxygen atoms in total. The molecule has 0 aromatic heterocycles. The van der Waals surface area contributed by atoms with Crippen molar-refractivity contribution in [3.8, 4) is 0 Å². The van der Waals surface area contributed by atoms with E-state index in [9.17, 15) is 13.2 Å². The molecule has 14 heavy (non-hydrogen) atoms. The summed E-state index contributed by atoms with van der Waals surface area (Å²) in [6, 6.07) is 8.28. The van der Waals surface area contributed by atoms with Crippen molar-refractivity contribution in [1.82, 2.24) is 0 Å². The van der Waals surface area contributed by atoms with Gasteiger partial charge < -0.3 is 5.73 Å². The minimum Gasteiger partial charge on any atom is -0.324 e. The summed E-state index contributed by atoms with van der Waals surface area (Å²) < 4.78 is 35.6. The van der Waals surface area contributed by atoms with E-state index in [0.29, 0.717) is 0 Å². The summed E-state index contributed by atoms with van der Waals surface area (Å²) in [5, 5.41) is 0. The summed E-state index contributed by atoms with van der Waals surface area (Å²) in [7, 11) is 0. The summed E-state index contributed by atoms with van der Waals surface area (Å²) in [5.41, 5.74) is 6.35. The molecule has 0 aliphatic heterocycles. The molecular formula is C10H12F3N. The van der Waals surface area contributed by atoms with E-state index >= 15 is 0 Å². The van der Waals surface area contributed by atoms with Crippen molar-refractivity contribution in [3.05, 3.63) is 35.9 Å². The molecule has 0 amide bonds. The molecule has 0 radical (unpaired) electrons. The van der Waals surface area contributed by atoms with Gasteiger partial charge in [0.1, 0.15) is 0 Å². The second kappa shape index (κ2) is 4.46. The molecule has 1 aromatic rings. The smallest absolute Gasteiger partial charge is 0.324 e. The van der Waals surface area contributed by atoms with Crippen LogP contribution in [0, 0.1) is 0 Å². The molecule has 0 saturated heterocycles. The lowest BCUT2D eigenvalue weighted by molar-refractivity contribution is -0.136. The van der Waals surface area contributed by atoms with Crippen molar-refractivity contribution in [3.63, 3.8) is 0 Å². The number of halogens is 3. The molecule has 0 aliphatic carbocycles. The van der Waals surface area contributed by atoms with E-state index in [2.05, 4.69) is 0 Å². The van der Waals surface area contributed by atoms with Gasteiger partial charge in [0, 0.05) is 12.5 Å². The fourth-order valence-electron chi connectivity index (χ4n) is 1.19. The predicted molar refractivity (Wildman–Crippen MR) is 48.7 cm³/mol. The minimum absolute atomic E-state index is 0.0620. The first-order valence-electron chi connectivity index (χ1n) is 4.36. The predicted octanol–water partition coefficient (Wildman–Crippen LogP) is 3.03. The van der Waals surface area contributed by atoms with Crippen molar-refractivity contribution in [2.24, 2.45) is 5.73 Å². The third-order valence-electron chi connectivity index (χ3n) is 1.97. The molecule has 0 spiro atoms. The molecule has 0 heterocycles. The van der Waals surface area contributed by atoms with E-state index in [-0.39, 0.29) is 6.42 Å². The van der Waals surface area contributed by atoms with Gasteiger partial charge in [0.25, 0.3) is 0 Å². The lowest BCUT2D eigenvalue weighted by Gasteiger charge is -2.13. The third-order valence-corrected chi connectivity index (χ3v) is 1.97. The molecule has 1 aromatic carbocycles. The van der Waals surface area contributed by atoms with Gasteiger partial charge in [-0.15, -0.1) is 0 Å². The normalized spacial score (nSPS) is 14.0. The fraction of sp³-hybridized carbons (Fsp3) is 0.400. The highest BCUT2D eigenvalue weighted by Crippen LogP contribution is 2.25. The molecular weight excluding hydrogens is 191 g/mol. The van der Waals surface area contributed by atoms with Gasteiger partial charge in [0.2, 0.25) is 0 Å². The van der Waals surface area contributed by atoms with Crippen LogP contribution in [0.5, 0.6) is 0 Å². The summed E-state index contributed by atoms with van der Waals surface area (Å²) in [4.78, 5) is 0. The Labute approximate surface area is 80.7 Å². The monoisotopic (exact) mass is 203 g/mol. The largest absolute Gasteiger partial charge is 0.389 e. The van der Waals surface area contributed by atoms with E-state index in [1.165, 1.54) is 0 Å². The molecule has 0 unspecified atom stereocenters. The Kier molecular flexibility index (Phi) is 3.52. The molecule has 0 fully saturated rings. The van der Waals surface area contributed by atoms with Crippen LogP contribution in [0.15, 0.2) is 30.3 Å². The molecule has 2 N–H and O–H groups in total. The molecule has 78 valence electrons. The van der Waals surface area contributed by atoms with Gasteiger partial charge in [-0.1, -0.05) is 30.3 Å². The van der Waals surface area contributed by atoms with Crippen molar-refractivity contribution < 1.29 is 13.2 Å². The lowest BCUT2D eigenvalue weighted by Crippen LogP contribution is -2.15. The third kappa shape index (κ3) is 3.79. The zero-order chi connectivity index (χ0) is 10.6. The van der Waals surface area contributed by atoms with Crippen LogP contribution in [-0.4, -0.2) is 6.18 Å². The lowest BCUT2D eigenvalue weighted by atomic mass is 10.0. The molecule has 0 bridgehead atoms. The molecule has 0 saturated carbocycles. The SMILES string of the molecule is N[C@H](CCC(F)(F)F)c1ccccc1. The van der Waals surface area contributed by atoms with Crippen LogP contribution in [0.1, 0.15) is 24.4 Å². The van der Waals surface area contributed by atoms with Gasteiger partial charge in [-0.3, -0.25) is 0 Å². The number of benzene rings is 1. The zero-order valence-corrected chi connectivity index (χ0v) is 7.59. The zero-order valence-electron chi connectivity index (χ0n) is 7.59. The number of alkyl halides is 3. The minimum atomic E-state index is -4.12. The second-order valence-corrected chi connectivity index (χ2v) is 3.17. The van der Waals surface area contributed by atoms with E-state index in [1.807, 2.05) is 0 Å². The van der Waals surface area contributed by atoms with E-state index in [1.54, 1.807) is 30.3 Å². The van der Waals surface area contributed by atoms with Crippen LogP contribution >= 0.6 is 0 Å². The quantitative estimate of drug-likeness (QED) is 0.802. The average Bonchev–Trinajstić information content (AvgIpc) is 2.14. The van der Waals surface area contributed by atoms with Gasteiger partial charge in [0.15, 0.2) is 0 Å². The highest BCUT2D eigenvalue weighted by Gasteiger charge is 2.27. The maximum Gasteiger partial charge on any atom is 0.389 e. The number of hydrogen-bond donors (Lipinski definition) is 1. The summed E-state index contributed by atoms with van der Waals surface area (Å²) >= 11 is 0. The Morgan fingerprint density at radius 3 is 2.21 bits per heavy atom. The Balaban J connectivity index is 2.48. The van der Waals surface area contributed by atoms with Crippen LogP contribution in [0.4, 0.5) is 13.2 Å². The van der Waals surface area contributed by atoms with Gasteiger partial charge in [0.05, 0.1) is 0 Å². The second-order valence-electron chi connectivity index (χ2n) is 3.17. The molecule has 1 rings (SSSR count). The van der Waals surface area contributed by atoms with E-state index in [4.69, 9.17) is 5.73 Å². The van der Waals surface area contributed by atoms with E-state index in [0.717, 1.165) is 5.56 Å². The van der Waals surface area contributed by atoms with Gasteiger partial charge in [-0.2, -0.15) is 13.2 Å². The van der Waals surface area contributed by atoms with Crippen molar-refractivity contribution in [2.45, 2.75) is 25.1 Å². The summed E-state index contributed by atoms with van der Waals surface area (Å²) in [6.45, 7) is 0. The Morgan fingerprint density at radius 1 is 1.14 bits per heavy atom. The van der Waals surface area contributed by atoms with Crippen LogP contribution in [0.3, 0.4) is 0 Å². The summed E-state index contributed by atoms with van der Waals surface area (Å²) in [6.07, 6.45) is -5.01. The molecule has 4 heteroatoms. The maximum absolute atomic E-state index is 11.9. The number of rotatable bonds is 3. The molecule has 1 atom stereocenters. The first-order valence-corrected chi connectivity index (χ1v) is 4.36. The van der Waals surface area contributed by atoms with Gasteiger partial charge in [-0.25, -0.2) is 0 Å². The first kappa shape index (κ1) is 11.0. The van der Waals surface area contributed by atoms with Crippen LogP contribution in [0.2, 0.25) is 0 Å². The van der Waals surface area contributed by atoms with Crippen LogP contribution in [0.25, 0.3) is 0 Å².